The van der Waals surface area contributed by atoms with E-state index in [-0.39, 0.29) is 16.3 Å². The quantitative estimate of drug-likeness (QED) is 0.814. The molecule has 2 aromatic carbocycles. The van der Waals surface area contributed by atoms with Crippen molar-refractivity contribution in [1.29, 1.82) is 0 Å². The van der Waals surface area contributed by atoms with Gasteiger partial charge >= 0.3 is 5.97 Å². The third kappa shape index (κ3) is 3.77. The monoisotopic (exact) mass is 373 g/mol. The first-order chi connectivity index (χ1) is 11.3. The number of hydrogen-bond acceptors (Lipinski definition) is 5. The summed E-state index contributed by atoms with van der Waals surface area (Å²) in [7, 11) is -1.73. The normalized spacial score (nSPS) is 11.0. The topological polar surface area (TPSA) is 81.7 Å². The highest BCUT2D eigenvalue weighted by molar-refractivity contribution is 7.92. The van der Waals surface area contributed by atoms with Crippen LogP contribution in [0, 0.1) is 5.82 Å². The Morgan fingerprint density at radius 3 is 2.46 bits per heavy atom. The predicted octanol–water partition coefficient (Wildman–Crippen LogP) is 3.08. The molecule has 0 atom stereocenters. The highest BCUT2D eigenvalue weighted by Crippen LogP contribution is 2.29. The van der Waals surface area contributed by atoms with Crippen LogP contribution in [0.25, 0.3) is 0 Å². The number of sulfonamides is 1. The van der Waals surface area contributed by atoms with Crippen LogP contribution in [0.4, 0.5) is 10.1 Å². The number of benzene rings is 2. The molecule has 128 valence electrons. The maximum Gasteiger partial charge on any atom is 0.337 e. The van der Waals surface area contributed by atoms with Crippen LogP contribution in [0.15, 0.2) is 41.3 Å². The number of anilines is 1. The Labute approximate surface area is 143 Å². The van der Waals surface area contributed by atoms with Crippen LogP contribution >= 0.6 is 11.6 Å². The lowest BCUT2D eigenvalue weighted by atomic mass is 10.2. The maximum atomic E-state index is 13.9. The van der Waals surface area contributed by atoms with Crippen molar-refractivity contribution in [3.8, 4) is 5.75 Å². The number of hydrogen-bond donors (Lipinski definition) is 1. The largest absolute Gasteiger partial charge is 0.495 e. The minimum absolute atomic E-state index is 0.0907. The van der Waals surface area contributed by atoms with Crippen LogP contribution in [-0.2, 0) is 14.8 Å². The molecule has 0 aliphatic rings. The SMILES string of the molecule is COC(=O)c1ccc(F)c(S(=O)(=O)Nc2ccc(OC)c(Cl)c2)c1. The Bertz CT molecular complexity index is 885. The highest BCUT2D eigenvalue weighted by atomic mass is 35.5. The van der Waals surface area contributed by atoms with Crippen molar-refractivity contribution in [2.45, 2.75) is 4.90 Å². The van der Waals surface area contributed by atoms with E-state index in [2.05, 4.69) is 9.46 Å². The Hall–Kier alpha value is -2.32. The summed E-state index contributed by atoms with van der Waals surface area (Å²) in [6.07, 6.45) is 0. The van der Waals surface area contributed by atoms with Gasteiger partial charge in [0.2, 0.25) is 0 Å². The van der Waals surface area contributed by atoms with Gasteiger partial charge in [0, 0.05) is 0 Å². The molecule has 0 heterocycles. The second-order valence-corrected chi connectivity index (χ2v) is 6.65. The predicted molar refractivity (Wildman–Crippen MR) is 86.6 cm³/mol. The summed E-state index contributed by atoms with van der Waals surface area (Å²) in [4.78, 5) is 10.8. The molecule has 0 saturated carbocycles. The van der Waals surface area contributed by atoms with Gasteiger partial charge in [-0.3, -0.25) is 4.72 Å². The van der Waals surface area contributed by atoms with Crippen molar-refractivity contribution in [2.24, 2.45) is 0 Å². The number of rotatable bonds is 5. The molecule has 0 radical (unpaired) electrons. The summed E-state index contributed by atoms with van der Waals surface area (Å²) in [6, 6.07) is 7.09. The fraction of sp³-hybridized carbons (Fsp3) is 0.133. The van der Waals surface area contributed by atoms with Gasteiger partial charge in [-0.15, -0.1) is 0 Å². The van der Waals surface area contributed by atoms with E-state index < -0.39 is 26.7 Å². The molecule has 0 saturated heterocycles. The molecule has 0 aliphatic carbocycles. The minimum Gasteiger partial charge on any atom is -0.495 e. The lowest BCUT2D eigenvalue weighted by Gasteiger charge is -2.11. The van der Waals surface area contributed by atoms with Crippen LogP contribution in [0.2, 0.25) is 5.02 Å². The van der Waals surface area contributed by atoms with E-state index >= 15 is 0 Å². The second kappa shape index (κ2) is 7.06. The lowest BCUT2D eigenvalue weighted by molar-refractivity contribution is 0.0600. The van der Waals surface area contributed by atoms with E-state index in [0.29, 0.717) is 5.75 Å². The van der Waals surface area contributed by atoms with E-state index in [4.69, 9.17) is 16.3 Å². The zero-order valence-electron chi connectivity index (χ0n) is 12.7. The number of esters is 1. The van der Waals surface area contributed by atoms with Crippen molar-refractivity contribution in [2.75, 3.05) is 18.9 Å². The average Bonchev–Trinajstić information content (AvgIpc) is 2.54. The van der Waals surface area contributed by atoms with Crippen molar-refractivity contribution < 1.29 is 27.1 Å². The first-order valence-electron chi connectivity index (χ1n) is 6.52. The molecule has 6 nitrogen and oxygen atoms in total. The number of halogens is 2. The van der Waals surface area contributed by atoms with Crippen LogP contribution in [0.5, 0.6) is 5.75 Å². The van der Waals surface area contributed by atoms with Gasteiger partial charge in [-0.1, -0.05) is 11.6 Å². The smallest absolute Gasteiger partial charge is 0.337 e. The van der Waals surface area contributed by atoms with Crippen LogP contribution in [0.3, 0.4) is 0 Å². The maximum absolute atomic E-state index is 13.9. The molecule has 0 fully saturated rings. The van der Waals surface area contributed by atoms with Crippen LogP contribution < -0.4 is 9.46 Å². The van der Waals surface area contributed by atoms with Gasteiger partial charge in [0.05, 0.1) is 30.5 Å². The van der Waals surface area contributed by atoms with Crippen LogP contribution in [-0.4, -0.2) is 28.6 Å². The van der Waals surface area contributed by atoms with E-state index in [1.807, 2.05) is 0 Å². The molecule has 9 heteroatoms. The van der Waals surface area contributed by atoms with Crippen molar-refractivity contribution >= 4 is 33.3 Å². The second-order valence-electron chi connectivity index (χ2n) is 4.59. The van der Waals surface area contributed by atoms with E-state index in [1.165, 1.54) is 25.3 Å². The molecule has 2 aromatic rings. The molecule has 0 aromatic heterocycles. The Morgan fingerprint density at radius 1 is 1.17 bits per heavy atom. The van der Waals surface area contributed by atoms with Gasteiger partial charge in [0.25, 0.3) is 10.0 Å². The van der Waals surface area contributed by atoms with Gasteiger partial charge in [0.1, 0.15) is 16.5 Å². The number of carbonyl (C=O) groups is 1. The van der Waals surface area contributed by atoms with E-state index in [9.17, 15) is 17.6 Å². The van der Waals surface area contributed by atoms with Gasteiger partial charge in [-0.25, -0.2) is 17.6 Å². The summed E-state index contributed by atoms with van der Waals surface area (Å²) in [6.45, 7) is 0. The number of nitrogens with one attached hydrogen (secondary N) is 1. The molecule has 0 unspecified atom stereocenters. The lowest BCUT2D eigenvalue weighted by Crippen LogP contribution is -2.16. The Morgan fingerprint density at radius 2 is 1.88 bits per heavy atom. The summed E-state index contributed by atoms with van der Waals surface area (Å²) in [5.41, 5.74) is 0.0238. The molecular formula is C15H13ClFNO5S. The fourth-order valence-electron chi connectivity index (χ4n) is 1.89. The van der Waals surface area contributed by atoms with Gasteiger partial charge in [-0.05, 0) is 36.4 Å². The zero-order valence-corrected chi connectivity index (χ0v) is 14.2. The van der Waals surface area contributed by atoms with Gasteiger partial charge in [-0.2, -0.15) is 0 Å². The molecule has 24 heavy (non-hydrogen) atoms. The summed E-state index contributed by atoms with van der Waals surface area (Å²) in [5, 5.41) is 0.182. The van der Waals surface area contributed by atoms with Crippen LogP contribution in [0.1, 0.15) is 10.4 Å². The molecule has 0 aliphatic heterocycles. The third-order valence-electron chi connectivity index (χ3n) is 3.05. The van der Waals surface area contributed by atoms with E-state index in [1.54, 1.807) is 0 Å². The third-order valence-corrected chi connectivity index (χ3v) is 4.74. The molecule has 0 amide bonds. The molecule has 1 N–H and O–H groups in total. The fourth-order valence-corrected chi connectivity index (χ4v) is 3.31. The summed E-state index contributed by atoms with van der Waals surface area (Å²) in [5.74, 6) is -1.42. The first kappa shape index (κ1) is 18.0. The number of carbonyl (C=O) groups excluding carboxylic acids is 1. The molecular weight excluding hydrogens is 361 g/mol. The Kier molecular flexibility index (Phi) is 5.30. The van der Waals surface area contributed by atoms with Crippen molar-refractivity contribution in [3.63, 3.8) is 0 Å². The minimum atomic E-state index is -4.28. The zero-order chi connectivity index (χ0) is 17.9. The van der Waals surface area contributed by atoms with Gasteiger partial charge < -0.3 is 9.47 Å². The first-order valence-corrected chi connectivity index (χ1v) is 8.39. The molecule has 2 rings (SSSR count). The van der Waals surface area contributed by atoms with Crippen molar-refractivity contribution in [3.05, 3.63) is 52.8 Å². The van der Waals surface area contributed by atoms with Gasteiger partial charge in [0.15, 0.2) is 0 Å². The summed E-state index contributed by atoms with van der Waals surface area (Å²) < 4.78 is 50.3. The van der Waals surface area contributed by atoms with Crippen molar-refractivity contribution in [1.82, 2.24) is 0 Å². The Balaban J connectivity index is 2.40. The average molecular weight is 374 g/mol. The molecule has 0 spiro atoms. The number of methoxy groups -OCH3 is 2. The summed E-state index contributed by atoms with van der Waals surface area (Å²) >= 11 is 5.93. The number of ether oxygens (including phenoxy) is 2. The molecule has 0 bridgehead atoms. The highest BCUT2D eigenvalue weighted by Gasteiger charge is 2.22. The van der Waals surface area contributed by atoms with E-state index in [0.717, 1.165) is 25.3 Å². The standard InChI is InChI=1S/C15H13ClFNO5S/c1-22-13-6-4-10(8-11(13)16)18-24(20,21)14-7-9(15(19)23-2)3-5-12(14)17/h3-8,18H,1-2H3.